The van der Waals surface area contributed by atoms with Crippen LogP contribution in [0.25, 0.3) is 0 Å². The lowest BCUT2D eigenvalue weighted by atomic mass is 10.1. The highest BCUT2D eigenvalue weighted by Gasteiger charge is 2.17. The van der Waals surface area contributed by atoms with Crippen LogP contribution >= 0.6 is 0 Å². The molecule has 2 heterocycles. The maximum absolute atomic E-state index is 4.61. The first-order valence-electron chi connectivity index (χ1n) is 5.50. The van der Waals surface area contributed by atoms with Crippen molar-refractivity contribution in [2.75, 3.05) is 18.9 Å². The van der Waals surface area contributed by atoms with Gasteiger partial charge in [0, 0.05) is 25.1 Å². The second-order valence-corrected chi connectivity index (χ2v) is 4.19. The van der Waals surface area contributed by atoms with Crippen LogP contribution in [0.5, 0.6) is 0 Å². The van der Waals surface area contributed by atoms with Crippen molar-refractivity contribution in [2.45, 2.75) is 32.7 Å². The van der Waals surface area contributed by atoms with Crippen LogP contribution in [0.3, 0.4) is 0 Å². The summed E-state index contributed by atoms with van der Waals surface area (Å²) >= 11 is 0. The van der Waals surface area contributed by atoms with E-state index in [-0.39, 0.29) is 0 Å². The van der Waals surface area contributed by atoms with Gasteiger partial charge in [0.1, 0.15) is 11.6 Å². The summed E-state index contributed by atoms with van der Waals surface area (Å²) in [4.78, 5) is 9.16. The molecule has 1 aliphatic heterocycles. The molecule has 2 rings (SSSR count). The highest BCUT2D eigenvalue weighted by molar-refractivity contribution is 5.47. The number of hydrogen-bond acceptors (Lipinski definition) is 4. The molecule has 1 aromatic heterocycles. The maximum Gasteiger partial charge on any atom is 0.133 e. The van der Waals surface area contributed by atoms with Crippen molar-refractivity contribution >= 4 is 5.82 Å². The van der Waals surface area contributed by atoms with Crippen LogP contribution < -0.4 is 10.6 Å². The van der Waals surface area contributed by atoms with Crippen LogP contribution in [0.15, 0.2) is 0 Å². The fourth-order valence-corrected chi connectivity index (χ4v) is 1.84. The third kappa shape index (κ3) is 1.95. The van der Waals surface area contributed by atoms with Gasteiger partial charge in [0.15, 0.2) is 0 Å². The van der Waals surface area contributed by atoms with Crippen LogP contribution in [-0.4, -0.2) is 23.6 Å². The Hall–Kier alpha value is -1.16. The Bertz CT molecular complexity index is 343. The van der Waals surface area contributed by atoms with Crippen LogP contribution in [0, 0.1) is 0 Å². The Labute approximate surface area is 90.5 Å². The van der Waals surface area contributed by atoms with E-state index in [0.717, 1.165) is 36.8 Å². The predicted octanol–water partition coefficient (Wildman–Crippen LogP) is 1.29. The number of aromatic nitrogens is 2. The predicted molar refractivity (Wildman–Crippen MR) is 61.1 cm³/mol. The maximum atomic E-state index is 4.61. The van der Waals surface area contributed by atoms with E-state index in [9.17, 15) is 0 Å². The SMILES string of the molecule is CNc1nc(C(C)C)nc2c1CCNC2. The molecule has 0 saturated carbocycles. The normalized spacial score (nSPS) is 15.2. The van der Waals surface area contributed by atoms with Gasteiger partial charge < -0.3 is 10.6 Å². The van der Waals surface area contributed by atoms with Gasteiger partial charge in [-0.05, 0) is 13.0 Å². The number of rotatable bonds is 2. The summed E-state index contributed by atoms with van der Waals surface area (Å²) in [6.45, 7) is 6.13. The van der Waals surface area contributed by atoms with Gasteiger partial charge in [0.05, 0.1) is 5.69 Å². The Morgan fingerprint density at radius 3 is 2.80 bits per heavy atom. The van der Waals surface area contributed by atoms with E-state index >= 15 is 0 Å². The van der Waals surface area contributed by atoms with Gasteiger partial charge >= 0.3 is 0 Å². The number of hydrogen-bond donors (Lipinski definition) is 2. The van der Waals surface area contributed by atoms with E-state index < -0.39 is 0 Å². The zero-order chi connectivity index (χ0) is 10.8. The summed E-state index contributed by atoms with van der Waals surface area (Å²) in [7, 11) is 1.93. The first-order valence-corrected chi connectivity index (χ1v) is 5.50. The van der Waals surface area contributed by atoms with E-state index in [1.807, 2.05) is 7.05 Å². The topological polar surface area (TPSA) is 49.8 Å². The highest BCUT2D eigenvalue weighted by atomic mass is 15.0. The minimum atomic E-state index is 0.379. The second kappa shape index (κ2) is 4.14. The zero-order valence-corrected chi connectivity index (χ0v) is 9.59. The summed E-state index contributed by atoms with van der Waals surface area (Å²) in [5.74, 6) is 2.32. The molecule has 0 atom stereocenters. The van der Waals surface area contributed by atoms with Crippen LogP contribution in [0.1, 0.15) is 36.8 Å². The average molecular weight is 206 g/mol. The number of anilines is 1. The fourth-order valence-electron chi connectivity index (χ4n) is 1.84. The molecule has 0 bridgehead atoms. The summed E-state index contributed by atoms with van der Waals surface area (Å²) in [5.41, 5.74) is 2.44. The van der Waals surface area contributed by atoms with Crippen molar-refractivity contribution in [2.24, 2.45) is 0 Å². The van der Waals surface area contributed by atoms with E-state index in [0.29, 0.717) is 5.92 Å². The van der Waals surface area contributed by atoms with Gasteiger partial charge in [0.2, 0.25) is 0 Å². The first kappa shape index (κ1) is 10.4. The van der Waals surface area contributed by atoms with E-state index in [1.54, 1.807) is 0 Å². The smallest absolute Gasteiger partial charge is 0.133 e. The van der Waals surface area contributed by atoms with Gasteiger partial charge in [-0.1, -0.05) is 13.8 Å². The summed E-state index contributed by atoms with van der Waals surface area (Å²) in [5, 5.41) is 6.51. The lowest BCUT2D eigenvalue weighted by molar-refractivity contribution is 0.612. The van der Waals surface area contributed by atoms with Crippen LogP contribution in [0.4, 0.5) is 5.82 Å². The summed E-state index contributed by atoms with van der Waals surface area (Å²) in [6.07, 6.45) is 1.02. The number of fused-ring (bicyclic) bond motifs is 1. The molecule has 0 fully saturated rings. The molecule has 0 spiro atoms. The van der Waals surface area contributed by atoms with E-state index in [2.05, 4.69) is 34.4 Å². The molecule has 4 heteroatoms. The molecule has 0 aliphatic carbocycles. The van der Waals surface area contributed by atoms with E-state index in [1.165, 1.54) is 5.56 Å². The molecule has 0 radical (unpaired) electrons. The molecule has 0 unspecified atom stereocenters. The van der Waals surface area contributed by atoms with Gasteiger partial charge in [0.25, 0.3) is 0 Å². The quantitative estimate of drug-likeness (QED) is 0.765. The third-order valence-electron chi connectivity index (χ3n) is 2.71. The summed E-state index contributed by atoms with van der Waals surface area (Å²) < 4.78 is 0. The Kier molecular flexibility index (Phi) is 2.86. The number of nitrogens with one attached hydrogen (secondary N) is 2. The van der Waals surface area contributed by atoms with Crippen LogP contribution in [0.2, 0.25) is 0 Å². The monoisotopic (exact) mass is 206 g/mol. The van der Waals surface area contributed by atoms with Crippen molar-refractivity contribution in [3.63, 3.8) is 0 Å². The molecule has 82 valence electrons. The van der Waals surface area contributed by atoms with Crippen molar-refractivity contribution in [3.8, 4) is 0 Å². The van der Waals surface area contributed by atoms with Gasteiger partial charge in [-0.15, -0.1) is 0 Å². The zero-order valence-electron chi connectivity index (χ0n) is 9.59. The van der Waals surface area contributed by atoms with Crippen LogP contribution in [-0.2, 0) is 13.0 Å². The van der Waals surface area contributed by atoms with Gasteiger partial charge in [-0.3, -0.25) is 0 Å². The van der Waals surface area contributed by atoms with Crippen molar-refractivity contribution < 1.29 is 0 Å². The highest BCUT2D eigenvalue weighted by Crippen LogP contribution is 2.22. The molecule has 0 aromatic carbocycles. The Morgan fingerprint density at radius 2 is 2.13 bits per heavy atom. The number of nitrogens with zero attached hydrogens (tertiary/aromatic N) is 2. The molecule has 0 amide bonds. The van der Waals surface area contributed by atoms with Gasteiger partial charge in [-0.2, -0.15) is 0 Å². The molecule has 1 aromatic rings. The minimum Gasteiger partial charge on any atom is -0.373 e. The summed E-state index contributed by atoms with van der Waals surface area (Å²) in [6, 6.07) is 0. The minimum absolute atomic E-state index is 0.379. The standard InChI is InChI=1S/C11H18N4/c1-7(2)10-14-9-6-13-5-4-8(9)11(12-3)15-10/h7,13H,4-6H2,1-3H3,(H,12,14,15). The molecule has 1 aliphatic rings. The lowest BCUT2D eigenvalue weighted by Crippen LogP contribution is -2.27. The van der Waals surface area contributed by atoms with Crippen molar-refractivity contribution in [1.82, 2.24) is 15.3 Å². The molecule has 15 heavy (non-hydrogen) atoms. The second-order valence-electron chi connectivity index (χ2n) is 4.19. The molecule has 2 N–H and O–H groups in total. The van der Waals surface area contributed by atoms with Crippen molar-refractivity contribution in [3.05, 3.63) is 17.1 Å². The molecule has 4 nitrogen and oxygen atoms in total. The Balaban J connectivity index is 2.48. The molecular formula is C11H18N4. The fraction of sp³-hybridized carbons (Fsp3) is 0.636. The van der Waals surface area contributed by atoms with Crippen molar-refractivity contribution in [1.29, 1.82) is 0 Å². The first-order chi connectivity index (χ1) is 7.22. The third-order valence-corrected chi connectivity index (χ3v) is 2.71. The Morgan fingerprint density at radius 1 is 1.33 bits per heavy atom. The molecule has 0 saturated heterocycles. The molecular weight excluding hydrogens is 188 g/mol. The largest absolute Gasteiger partial charge is 0.373 e. The lowest BCUT2D eigenvalue weighted by Gasteiger charge is -2.20. The van der Waals surface area contributed by atoms with Gasteiger partial charge in [-0.25, -0.2) is 9.97 Å². The average Bonchev–Trinajstić information content (AvgIpc) is 2.27. The van der Waals surface area contributed by atoms with E-state index in [4.69, 9.17) is 0 Å².